The summed E-state index contributed by atoms with van der Waals surface area (Å²) in [6, 6.07) is 14.5. The lowest BCUT2D eigenvalue weighted by Crippen LogP contribution is -2.41. The Morgan fingerprint density at radius 3 is 2.41 bits per heavy atom. The van der Waals surface area contributed by atoms with Crippen LogP contribution in [0.2, 0.25) is 5.02 Å². The molecule has 3 rings (SSSR count). The maximum absolute atomic E-state index is 12.2. The summed E-state index contributed by atoms with van der Waals surface area (Å²) >= 11 is 6.05. The lowest BCUT2D eigenvalue weighted by Gasteiger charge is -2.33. The van der Waals surface area contributed by atoms with Gasteiger partial charge in [0, 0.05) is 10.6 Å². The fourth-order valence-electron chi connectivity index (χ4n) is 3.06. The molecule has 0 saturated carbocycles. The largest absolute Gasteiger partial charge is 0.465 e. The second-order valence-electron chi connectivity index (χ2n) is 7.03. The molecule has 3 aromatic rings. The first-order valence-electron chi connectivity index (χ1n) is 8.35. The summed E-state index contributed by atoms with van der Waals surface area (Å²) < 4.78 is 7.04. The third kappa shape index (κ3) is 3.84. The highest BCUT2D eigenvalue weighted by Crippen LogP contribution is 2.31. The molecule has 0 N–H and O–H groups in total. The number of tetrazole rings is 1. The predicted molar refractivity (Wildman–Crippen MR) is 102 cm³/mol. The van der Waals surface area contributed by atoms with E-state index in [9.17, 15) is 4.79 Å². The number of quaternary nitrogens is 1. The van der Waals surface area contributed by atoms with E-state index in [0.717, 1.165) is 5.56 Å². The van der Waals surface area contributed by atoms with Crippen LogP contribution >= 0.6 is 11.6 Å². The van der Waals surface area contributed by atoms with Crippen molar-refractivity contribution in [2.45, 2.75) is 6.04 Å². The van der Waals surface area contributed by atoms with Crippen molar-refractivity contribution >= 4 is 17.6 Å². The Balaban J connectivity index is 2.18. The Labute approximate surface area is 162 Å². The lowest BCUT2D eigenvalue weighted by molar-refractivity contribution is -0.896. The number of methoxy groups -OCH3 is 1. The van der Waals surface area contributed by atoms with Gasteiger partial charge in [-0.05, 0) is 34.7 Å². The molecule has 2 aromatic carbocycles. The van der Waals surface area contributed by atoms with Crippen molar-refractivity contribution in [1.82, 2.24) is 20.2 Å². The number of carbonyl (C=O) groups is 1. The van der Waals surface area contributed by atoms with E-state index in [2.05, 4.69) is 36.7 Å². The summed E-state index contributed by atoms with van der Waals surface area (Å²) in [6.45, 7) is 0. The molecular weight excluding hydrogens is 366 g/mol. The van der Waals surface area contributed by atoms with Crippen molar-refractivity contribution in [3.05, 3.63) is 70.5 Å². The summed E-state index contributed by atoms with van der Waals surface area (Å²) in [5.41, 5.74) is 1.97. The Kier molecular flexibility index (Phi) is 5.25. The molecule has 1 heterocycles. The molecule has 0 unspecified atom stereocenters. The Morgan fingerprint density at radius 2 is 1.78 bits per heavy atom. The third-order valence-corrected chi connectivity index (χ3v) is 4.49. The first kappa shape index (κ1) is 19.0. The normalized spacial score (nSPS) is 12.6. The van der Waals surface area contributed by atoms with Crippen LogP contribution in [-0.2, 0) is 4.74 Å². The van der Waals surface area contributed by atoms with E-state index in [1.807, 2.05) is 30.3 Å². The number of hydrogen-bond acceptors (Lipinski definition) is 5. The molecule has 0 saturated heterocycles. The van der Waals surface area contributed by atoms with Crippen LogP contribution in [0, 0.1) is 0 Å². The molecule has 0 fully saturated rings. The minimum absolute atomic E-state index is 0.178. The topological polar surface area (TPSA) is 69.9 Å². The van der Waals surface area contributed by atoms with Crippen LogP contribution in [0.15, 0.2) is 48.5 Å². The van der Waals surface area contributed by atoms with Gasteiger partial charge in [-0.3, -0.25) is 0 Å². The van der Waals surface area contributed by atoms with E-state index in [4.69, 9.17) is 16.3 Å². The molecule has 1 atom stereocenters. The van der Waals surface area contributed by atoms with Gasteiger partial charge < -0.3 is 9.22 Å². The zero-order valence-corrected chi connectivity index (χ0v) is 16.4. The molecule has 0 aliphatic rings. The second kappa shape index (κ2) is 7.46. The summed E-state index contributed by atoms with van der Waals surface area (Å²) in [6.07, 6.45) is 0. The Hall–Kier alpha value is -2.77. The van der Waals surface area contributed by atoms with Crippen molar-refractivity contribution in [3.63, 3.8) is 0 Å². The van der Waals surface area contributed by atoms with E-state index in [-0.39, 0.29) is 6.04 Å². The molecule has 0 aliphatic carbocycles. The lowest BCUT2D eigenvalue weighted by atomic mass is 10.0. The molecule has 140 valence electrons. The molecule has 0 aliphatic heterocycles. The van der Waals surface area contributed by atoms with E-state index >= 15 is 0 Å². The number of benzene rings is 2. The molecule has 0 bridgehead atoms. The van der Waals surface area contributed by atoms with E-state index in [0.29, 0.717) is 26.6 Å². The SMILES string of the molecule is COC(=O)c1ccccc1-n1nnnc1[C@@H](c1ccc(Cl)cc1)[N+](C)(C)C. The summed E-state index contributed by atoms with van der Waals surface area (Å²) in [7, 11) is 7.53. The number of halogens is 1. The standard InChI is InChI=1S/C19H21ClN5O2/c1-25(2,3)17(13-9-11-14(20)12-10-13)18-21-22-23-24(18)16-8-6-5-7-15(16)19(26)27-4/h5-12,17H,1-4H3/q+1/t17-/m1/s1. The maximum atomic E-state index is 12.2. The van der Waals surface area contributed by atoms with Crippen LogP contribution in [0.1, 0.15) is 27.8 Å². The van der Waals surface area contributed by atoms with Crippen molar-refractivity contribution in [2.75, 3.05) is 28.3 Å². The molecule has 1 aromatic heterocycles. The highest BCUT2D eigenvalue weighted by atomic mass is 35.5. The van der Waals surface area contributed by atoms with Crippen molar-refractivity contribution in [3.8, 4) is 5.69 Å². The zero-order valence-electron chi connectivity index (χ0n) is 15.6. The number of aromatic nitrogens is 4. The number of esters is 1. The van der Waals surface area contributed by atoms with Crippen LogP contribution in [0.4, 0.5) is 0 Å². The van der Waals surface area contributed by atoms with Gasteiger partial charge in [0.15, 0.2) is 6.04 Å². The average Bonchev–Trinajstić information content (AvgIpc) is 3.10. The molecule has 7 nitrogen and oxygen atoms in total. The van der Waals surface area contributed by atoms with Gasteiger partial charge in [-0.15, -0.1) is 5.10 Å². The quantitative estimate of drug-likeness (QED) is 0.498. The van der Waals surface area contributed by atoms with Crippen molar-refractivity contribution < 1.29 is 14.0 Å². The Bertz CT molecular complexity index is 947. The fourth-order valence-corrected chi connectivity index (χ4v) is 3.19. The third-order valence-electron chi connectivity index (χ3n) is 4.24. The van der Waals surface area contributed by atoms with Crippen LogP contribution in [-0.4, -0.2) is 58.9 Å². The number of hydrogen-bond donors (Lipinski definition) is 0. The molecule has 0 amide bonds. The number of carbonyl (C=O) groups excluding carboxylic acids is 1. The molecular formula is C19H21ClN5O2+. The highest BCUT2D eigenvalue weighted by molar-refractivity contribution is 6.30. The van der Waals surface area contributed by atoms with Gasteiger partial charge in [0.1, 0.15) is 0 Å². The summed E-state index contributed by atoms with van der Waals surface area (Å²) in [5, 5.41) is 13.0. The second-order valence-corrected chi connectivity index (χ2v) is 7.46. The maximum Gasteiger partial charge on any atom is 0.340 e. The van der Waals surface area contributed by atoms with Crippen LogP contribution < -0.4 is 0 Å². The van der Waals surface area contributed by atoms with Gasteiger partial charge in [0.05, 0.1) is 39.5 Å². The highest BCUT2D eigenvalue weighted by Gasteiger charge is 2.34. The van der Waals surface area contributed by atoms with Gasteiger partial charge in [-0.1, -0.05) is 35.9 Å². The summed E-state index contributed by atoms with van der Waals surface area (Å²) in [4.78, 5) is 12.2. The molecule has 27 heavy (non-hydrogen) atoms. The number of ether oxygens (including phenoxy) is 1. The van der Waals surface area contributed by atoms with Crippen molar-refractivity contribution in [1.29, 1.82) is 0 Å². The predicted octanol–water partition coefficient (Wildman–Crippen LogP) is 2.90. The first-order valence-corrected chi connectivity index (χ1v) is 8.73. The van der Waals surface area contributed by atoms with Crippen LogP contribution in [0.5, 0.6) is 0 Å². The number of para-hydroxylation sites is 1. The van der Waals surface area contributed by atoms with Gasteiger partial charge >= 0.3 is 5.97 Å². The molecule has 8 heteroatoms. The van der Waals surface area contributed by atoms with Gasteiger partial charge in [-0.25, -0.2) is 4.79 Å². The van der Waals surface area contributed by atoms with Gasteiger partial charge in [0.25, 0.3) is 0 Å². The van der Waals surface area contributed by atoms with E-state index in [1.54, 1.807) is 22.9 Å². The minimum Gasteiger partial charge on any atom is -0.465 e. The van der Waals surface area contributed by atoms with Gasteiger partial charge in [0.2, 0.25) is 5.82 Å². The van der Waals surface area contributed by atoms with Crippen LogP contribution in [0.25, 0.3) is 5.69 Å². The van der Waals surface area contributed by atoms with E-state index < -0.39 is 5.97 Å². The smallest absolute Gasteiger partial charge is 0.340 e. The monoisotopic (exact) mass is 386 g/mol. The fraction of sp³-hybridized carbons (Fsp3) is 0.263. The summed E-state index contributed by atoms with van der Waals surface area (Å²) in [5.74, 6) is 0.168. The average molecular weight is 387 g/mol. The van der Waals surface area contributed by atoms with Crippen LogP contribution in [0.3, 0.4) is 0 Å². The first-order chi connectivity index (χ1) is 12.8. The van der Waals surface area contributed by atoms with Crippen molar-refractivity contribution in [2.24, 2.45) is 0 Å². The number of nitrogens with zero attached hydrogens (tertiary/aromatic N) is 5. The zero-order chi connectivity index (χ0) is 19.6. The minimum atomic E-state index is -0.444. The Morgan fingerprint density at radius 1 is 1.11 bits per heavy atom. The number of rotatable bonds is 5. The van der Waals surface area contributed by atoms with Gasteiger partial charge in [-0.2, -0.15) is 4.68 Å². The van der Waals surface area contributed by atoms with E-state index in [1.165, 1.54) is 7.11 Å². The molecule has 0 spiro atoms. The molecule has 0 radical (unpaired) electrons.